The Morgan fingerprint density at radius 2 is 1.83 bits per heavy atom. The number of nitro groups is 1. The lowest BCUT2D eigenvalue weighted by atomic mass is 10.0. The second-order valence-electron chi connectivity index (χ2n) is 3.89. The molecule has 5 heteroatoms. The number of halogens is 2. The smallest absolute Gasteiger partial charge is 0.258 e. The van der Waals surface area contributed by atoms with Gasteiger partial charge in [-0.1, -0.05) is 23.7 Å². The van der Waals surface area contributed by atoms with Crippen LogP contribution in [0.4, 0.5) is 10.1 Å². The molecule has 0 aliphatic rings. The maximum atomic E-state index is 14.0. The molecule has 0 aromatic heterocycles. The lowest BCUT2D eigenvalue weighted by molar-refractivity contribution is -0.384. The van der Waals surface area contributed by atoms with E-state index >= 15 is 0 Å². The summed E-state index contributed by atoms with van der Waals surface area (Å²) in [5, 5.41) is 11.3. The fraction of sp³-hybridized carbons (Fsp3) is 0.0769. The molecule has 0 saturated heterocycles. The van der Waals surface area contributed by atoms with Crippen LogP contribution in [0, 0.1) is 22.9 Å². The van der Waals surface area contributed by atoms with Gasteiger partial charge in [0.05, 0.1) is 4.92 Å². The summed E-state index contributed by atoms with van der Waals surface area (Å²) in [6.45, 7) is 1.50. The Bertz CT molecular complexity index is 611. The minimum atomic E-state index is -0.536. The highest BCUT2D eigenvalue weighted by atomic mass is 35.5. The Balaban J connectivity index is 2.62. The summed E-state index contributed by atoms with van der Waals surface area (Å²) in [7, 11) is 0. The van der Waals surface area contributed by atoms with Gasteiger partial charge in [-0.25, -0.2) is 4.39 Å². The number of hydrogen-bond donors (Lipinski definition) is 0. The van der Waals surface area contributed by atoms with Crippen LogP contribution in [0.25, 0.3) is 11.1 Å². The third-order valence-corrected chi connectivity index (χ3v) is 2.86. The molecule has 0 amide bonds. The van der Waals surface area contributed by atoms with Crippen molar-refractivity contribution in [2.45, 2.75) is 6.92 Å². The first-order valence-corrected chi connectivity index (χ1v) is 5.57. The van der Waals surface area contributed by atoms with Gasteiger partial charge in [0.25, 0.3) is 5.69 Å². The molecule has 0 fully saturated rings. The molecule has 0 bridgehead atoms. The van der Waals surface area contributed by atoms with Gasteiger partial charge >= 0.3 is 0 Å². The molecular weight excluding hydrogens is 257 g/mol. The van der Waals surface area contributed by atoms with Crippen molar-refractivity contribution in [1.29, 1.82) is 0 Å². The molecule has 0 aliphatic heterocycles. The first-order chi connectivity index (χ1) is 8.49. The highest BCUT2D eigenvalue weighted by Gasteiger charge is 2.15. The Labute approximate surface area is 108 Å². The molecule has 0 N–H and O–H groups in total. The van der Waals surface area contributed by atoms with Crippen molar-refractivity contribution in [3.63, 3.8) is 0 Å². The van der Waals surface area contributed by atoms with Gasteiger partial charge in [0.15, 0.2) is 0 Å². The molecule has 0 saturated carbocycles. The molecule has 2 aromatic rings. The van der Waals surface area contributed by atoms with Crippen LogP contribution in [0.5, 0.6) is 0 Å². The summed E-state index contributed by atoms with van der Waals surface area (Å²) in [5.41, 5.74) is 0.884. The van der Waals surface area contributed by atoms with Crippen molar-refractivity contribution in [3.8, 4) is 11.1 Å². The quantitative estimate of drug-likeness (QED) is 0.598. The van der Waals surface area contributed by atoms with Gasteiger partial charge in [0.2, 0.25) is 0 Å². The summed E-state index contributed by atoms with van der Waals surface area (Å²) in [6.07, 6.45) is 0. The van der Waals surface area contributed by atoms with Gasteiger partial charge in [-0.3, -0.25) is 10.1 Å². The third-order valence-electron chi connectivity index (χ3n) is 2.61. The van der Waals surface area contributed by atoms with Crippen LogP contribution in [0.3, 0.4) is 0 Å². The second kappa shape index (κ2) is 4.74. The standard InChI is InChI=1S/C13H9ClFNO2/c1-8-6-11(16(17)18)7-12(13(8)15)9-2-4-10(14)5-3-9/h2-7H,1H3. The number of nitro benzene ring substituents is 1. The molecule has 0 unspecified atom stereocenters. The van der Waals surface area contributed by atoms with Crippen molar-refractivity contribution in [3.05, 3.63) is 62.9 Å². The Morgan fingerprint density at radius 3 is 2.39 bits per heavy atom. The van der Waals surface area contributed by atoms with E-state index in [-0.39, 0.29) is 16.8 Å². The maximum absolute atomic E-state index is 14.0. The van der Waals surface area contributed by atoms with E-state index in [0.717, 1.165) is 0 Å². The number of nitrogens with zero attached hydrogens (tertiary/aromatic N) is 1. The van der Waals surface area contributed by atoms with E-state index in [0.29, 0.717) is 10.6 Å². The number of hydrogen-bond acceptors (Lipinski definition) is 2. The minimum Gasteiger partial charge on any atom is -0.258 e. The molecular formula is C13H9ClFNO2. The third kappa shape index (κ3) is 2.33. The molecule has 3 nitrogen and oxygen atoms in total. The van der Waals surface area contributed by atoms with Crippen LogP contribution >= 0.6 is 11.6 Å². The molecule has 0 heterocycles. The topological polar surface area (TPSA) is 43.1 Å². The first-order valence-electron chi connectivity index (χ1n) is 5.19. The van der Waals surface area contributed by atoms with Crippen molar-refractivity contribution in [1.82, 2.24) is 0 Å². The van der Waals surface area contributed by atoms with Crippen molar-refractivity contribution < 1.29 is 9.31 Å². The van der Waals surface area contributed by atoms with Crippen LogP contribution in [0.15, 0.2) is 36.4 Å². The van der Waals surface area contributed by atoms with Crippen LogP contribution in [-0.4, -0.2) is 4.92 Å². The first kappa shape index (κ1) is 12.5. The molecule has 0 aliphatic carbocycles. The molecule has 92 valence electrons. The van der Waals surface area contributed by atoms with Gasteiger partial charge in [0, 0.05) is 22.7 Å². The summed E-state index contributed by atoms with van der Waals surface area (Å²) in [4.78, 5) is 10.2. The normalized spacial score (nSPS) is 10.4. The molecule has 0 atom stereocenters. The Morgan fingerprint density at radius 1 is 1.22 bits per heavy atom. The van der Waals surface area contributed by atoms with Gasteiger partial charge in [-0.15, -0.1) is 0 Å². The minimum absolute atomic E-state index is 0.126. The van der Waals surface area contributed by atoms with Crippen LogP contribution in [0.1, 0.15) is 5.56 Å². The molecule has 18 heavy (non-hydrogen) atoms. The highest BCUT2D eigenvalue weighted by Crippen LogP contribution is 2.30. The molecule has 2 aromatic carbocycles. The zero-order valence-corrected chi connectivity index (χ0v) is 10.2. The zero-order valence-electron chi connectivity index (χ0n) is 9.48. The van der Waals surface area contributed by atoms with Crippen molar-refractivity contribution in [2.75, 3.05) is 0 Å². The lowest BCUT2D eigenvalue weighted by Gasteiger charge is -2.06. The second-order valence-corrected chi connectivity index (χ2v) is 4.32. The molecule has 2 rings (SSSR count). The van der Waals surface area contributed by atoms with Crippen molar-refractivity contribution in [2.24, 2.45) is 0 Å². The van der Waals surface area contributed by atoms with E-state index in [9.17, 15) is 14.5 Å². The van der Waals surface area contributed by atoms with Crippen LogP contribution < -0.4 is 0 Å². The van der Waals surface area contributed by atoms with E-state index in [1.54, 1.807) is 24.3 Å². The summed E-state index contributed by atoms with van der Waals surface area (Å²) in [5.74, 6) is -0.456. The lowest BCUT2D eigenvalue weighted by Crippen LogP contribution is -1.94. The van der Waals surface area contributed by atoms with Crippen molar-refractivity contribution >= 4 is 17.3 Å². The average Bonchev–Trinajstić information content (AvgIpc) is 2.33. The fourth-order valence-corrected chi connectivity index (χ4v) is 1.82. The SMILES string of the molecule is Cc1cc([N+](=O)[O-])cc(-c2ccc(Cl)cc2)c1F. The number of non-ortho nitro benzene ring substituents is 1. The summed E-state index contributed by atoms with van der Waals surface area (Å²) in [6, 6.07) is 8.93. The average molecular weight is 266 g/mol. The van der Waals surface area contributed by atoms with Gasteiger partial charge in [0.1, 0.15) is 5.82 Å². The van der Waals surface area contributed by atoms with E-state index in [1.165, 1.54) is 19.1 Å². The van der Waals surface area contributed by atoms with Gasteiger partial charge in [-0.2, -0.15) is 0 Å². The van der Waals surface area contributed by atoms with Crippen LogP contribution in [-0.2, 0) is 0 Å². The Hall–Kier alpha value is -1.94. The van der Waals surface area contributed by atoms with E-state index in [2.05, 4.69) is 0 Å². The summed E-state index contributed by atoms with van der Waals surface area (Å²) >= 11 is 5.75. The Kier molecular flexibility index (Phi) is 3.30. The maximum Gasteiger partial charge on any atom is 0.270 e. The molecule has 0 radical (unpaired) electrons. The number of benzene rings is 2. The van der Waals surface area contributed by atoms with E-state index in [1.807, 2.05) is 0 Å². The largest absolute Gasteiger partial charge is 0.270 e. The predicted molar refractivity (Wildman–Crippen MR) is 68.2 cm³/mol. The monoisotopic (exact) mass is 265 g/mol. The predicted octanol–water partition coefficient (Wildman–Crippen LogP) is 4.36. The molecule has 0 spiro atoms. The van der Waals surface area contributed by atoms with Crippen LogP contribution in [0.2, 0.25) is 5.02 Å². The number of aryl methyl sites for hydroxylation is 1. The van der Waals surface area contributed by atoms with E-state index in [4.69, 9.17) is 11.6 Å². The fourth-order valence-electron chi connectivity index (χ4n) is 1.70. The summed E-state index contributed by atoms with van der Waals surface area (Å²) < 4.78 is 14.0. The van der Waals surface area contributed by atoms with E-state index < -0.39 is 10.7 Å². The number of rotatable bonds is 2. The highest BCUT2D eigenvalue weighted by molar-refractivity contribution is 6.30. The van der Waals surface area contributed by atoms with Gasteiger partial charge < -0.3 is 0 Å². The zero-order chi connectivity index (χ0) is 13.3. The van der Waals surface area contributed by atoms with Gasteiger partial charge in [-0.05, 0) is 30.2 Å².